The van der Waals surface area contributed by atoms with Crippen molar-refractivity contribution < 1.29 is 27.8 Å². The molecule has 1 aliphatic rings. The number of thioether (sulfide) groups is 1. The van der Waals surface area contributed by atoms with E-state index < -0.39 is 24.3 Å². The molecule has 1 aromatic carbocycles. The van der Waals surface area contributed by atoms with Gasteiger partial charge in [-0.25, -0.2) is 9.78 Å². The summed E-state index contributed by atoms with van der Waals surface area (Å²) in [6.45, 7) is 7.60. The van der Waals surface area contributed by atoms with E-state index in [9.17, 15) is 18.0 Å². The van der Waals surface area contributed by atoms with Gasteiger partial charge in [0.15, 0.2) is 12.4 Å². The summed E-state index contributed by atoms with van der Waals surface area (Å²) in [6.07, 6.45) is -2.48. The van der Waals surface area contributed by atoms with Gasteiger partial charge in [0.1, 0.15) is 5.01 Å². The summed E-state index contributed by atoms with van der Waals surface area (Å²) in [7, 11) is 0. The average Bonchev–Trinajstić information content (AvgIpc) is 3.22. The first-order chi connectivity index (χ1) is 16.0. The third-order valence-electron chi connectivity index (χ3n) is 4.97. The molecule has 3 rings (SSSR count). The number of carboxylic acids is 1. The number of carbonyl (C=O) groups is 1. The number of thiazole rings is 1. The second-order valence-corrected chi connectivity index (χ2v) is 10.3. The van der Waals surface area contributed by atoms with E-state index in [1.807, 2.05) is 13.0 Å². The van der Waals surface area contributed by atoms with E-state index in [0.29, 0.717) is 16.3 Å². The fourth-order valence-electron chi connectivity index (χ4n) is 3.20. The number of hydrogen-bond acceptors (Lipinski definition) is 5. The van der Waals surface area contributed by atoms with Crippen LogP contribution in [-0.4, -0.2) is 28.4 Å². The van der Waals surface area contributed by atoms with E-state index in [-0.39, 0.29) is 11.8 Å². The minimum absolute atomic E-state index is 0.153. The molecule has 4 nitrogen and oxygen atoms in total. The highest BCUT2D eigenvalue weighted by Gasteiger charge is 2.30. The van der Waals surface area contributed by atoms with Crippen LogP contribution in [-0.2, 0) is 15.7 Å². The number of aliphatic carboxylic acids is 1. The van der Waals surface area contributed by atoms with Gasteiger partial charge in [0.2, 0.25) is 0 Å². The lowest BCUT2D eigenvalue weighted by atomic mass is 10.0. The SMILES string of the molecule is CC1=CC(SC[C@H](C)c2sc(-c3ccc(C(F)(F)F)cc3)nc2C(C)C)=C=C=C1OCC(=O)O. The lowest BCUT2D eigenvalue weighted by Crippen LogP contribution is -2.07. The zero-order chi connectivity index (χ0) is 25.0. The second-order valence-electron chi connectivity index (χ2n) is 8.16. The molecule has 1 aliphatic carbocycles. The Morgan fingerprint density at radius 3 is 2.44 bits per heavy atom. The Labute approximate surface area is 204 Å². The van der Waals surface area contributed by atoms with Crippen LogP contribution in [0.4, 0.5) is 13.2 Å². The fourth-order valence-corrected chi connectivity index (χ4v) is 5.56. The van der Waals surface area contributed by atoms with Gasteiger partial charge in [0, 0.05) is 27.7 Å². The summed E-state index contributed by atoms with van der Waals surface area (Å²) in [5, 5.41) is 9.46. The standard InChI is InChI=1S/C25H24F3NO3S2/c1-14(2)22-23(34-24(29-22)17-5-7-18(8-6-17)25(26,27)28)16(4)13-33-19-9-10-20(15(3)11-19)32-12-21(30)31/h5-8,11,14,16H,12-13H2,1-4H3,(H,30,31)/t16-/m0/s1. The summed E-state index contributed by atoms with van der Waals surface area (Å²) < 4.78 is 43.9. The quantitative estimate of drug-likeness (QED) is 0.359. The van der Waals surface area contributed by atoms with E-state index in [2.05, 4.69) is 32.2 Å². The van der Waals surface area contributed by atoms with Gasteiger partial charge >= 0.3 is 12.1 Å². The molecule has 180 valence electrons. The van der Waals surface area contributed by atoms with Crippen molar-refractivity contribution in [3.05, 3.63) is 74.2 Å². The monoisotopic (exact) mass is 507 g/mol. The fraction of sp³-hybridized carbons (Fsp3) is 0.360. The van der Waals surface area contributed by atoms with Crippen molar-refractivity contribution in [3.63, 3.8) is 0 Å². The Balaban J connectivity index is 1.77. The van der Waals surface area contributed by atoms with Crippen molar-refractivity contribution in [1.82, 2.24) is 4.98 Å². The minimum Gasteiger partial charge on any atom is -0.479 e. The van der Waals surface area contributed by atoms with Crippen LogP contribution in [0.25, 0.3) is 10.6 Å². The summed E-state index contributed by atoms with van der Waals surface area (Å²) in [5.41, 5.74) is 7.61. The Bertz CT molecular complexity index is 1200. The molecule has 0 fully saturated rings. The van der Waals surface area contributed by atoms with Crippen LogP contribution < -0.4 is 0 Å². The summed E-state index contributed by atoms with van der Waals surface area (Å²) in [6, 6.07) is 5.11. The topological polar surface area (TPSA) is 59.4 Å². The summed E-state index contributed by atoms with van der Waals surface area (Å²) in [4.78, 5) is 17.4. The molecule has 1 heterocycles. The van der Waals surface area contributed by atoms with Crippen molar-refractivity contribution in [3.8, 4) is 10.6 Å². The van der Waals surface area contributed by atoms with E-state index >= 15 is 0 Å². The average molecular weight is 508 g/mol. The Hall–Kier alpha value is -2.70. The third-order valence-corrected chi connectivity index (χ3v) is 7.52. The first kappa shape index (κ1) is 25.9. The number of rotatable bonds is 9. The molecule has 1 atom stereocenters. The molecule has 1 aromatic heterocycles. The largest absolute Gasteiger partial charge is 0.479 e. The highest BCUT2D eigenvalue weighted by Crippen LogP contribution is 2.39. The maximum Gasteiger partial charge on any atom is 0.416 e. The molecular formula is C25H24F3NO3S2. The number of carboxylic acid groups (broad SMARTS) is 1. The van der Waals surface area contributed by atoms with Crippen molar-refractivity contribution in [2.45, 2.75) is 45.7 Å². The zero-order valence-corrected chi connectivity index (χ0v) is 20.7. The predicted octanol–water partition coefficient (Wildman–Crippen LogP) is 7.37. The normalized spacial score (nSPS) is 14.5. The highest BCUT2D eigenvalue weighted by molar-refractivity contribution is 8.03. The Morgan fingerprint density at radius 2 is 1.88 bits per heavy atom. The van der Waals surface area contributed by atoms with Gasteiger partial charge in [0.05, 0.1) is 16.2 Å². The summed E-state index contributed by atoms with van der Waals surface area (Å²) in [5.74, 6) is 0.384. The molecule has 0 bridgehead atoms. The van der Waals surface area contributed by atoms with Crippen LogP contribution in [0.5, 0.6) is 0 Å². The number of alkyl halides is 3. The van der Waals surface area contributed by atoms with E-state index in [1.165, 1.54) is 23.5 Å². The molecule has 0 spiro atoms. The number of ether oxygens (including phenoxy) is 1. The van der Waals surface area contributed by atoms with Gasteiger partial charge < -0.3 is 9.84 Å². The number of benzene rings is 1. The number of halogens is 3. The minimum atomic E-state index is -4.37. The Kier molecular flexibility index (Phi) is 8.16. The molecule has 0 saturated heterocycles. The first-order valence-corrected chi connectivity index (χ1v) is 12.4. The van der Waals surface area contributed by atoms with Crippen LogP contribution >= 0.6 is 23.1 Å². The van der Waals surface area contributed by atoms with Crippen LogP contribution in [0.2, 0.25) is 0 Å². The van der Waals surface area contributed by atoms with Crippen molar-refractivity contribution >= 4 is 29.1 Å². The molecule has 0 aliphatic heterocycles. The van der Waals surface area contributed by atoms with Crippen molar-refractivity contribution in [2.75, 3.05) is 12.4 Å². The van der Waals surface area contributed by atoms with Crippen LogP contribution in [0, 0.1) is 0 Å². The highest BCUT2D eigenvalue weighted by atomic mass is 32.2. The maximum absolute atomic E-state index is 12.9. The maximum atomic E-state index is 12.9. The third kappa shape index (κ3) is 6.45. The number of aromatic nitrogens is 1. The number of allylic oxidation sites excluding steroid dienone is 2. The Morgan fingerprint density at radius 1 is 1.21 bits per heavy atom. The number of nitrogens with zero attached hydrogens (tertiary/aromatic N) is 1. The van der Waals surface area contributed by atoms with Gasteiger partial charge in [0.25, 0.3) is 0 Å². The smallest absolute Gasteiger partial charge is 0.416 e. The molecule has 34 heavy (non-hydrogen) atoms. The van der Waals surface area contributed by atoms with Crippen LogP contribution in [0.15, 0.2) is 58.0 Å². The molecule has 2 aromatic rings. The molecule has 0 saturated carbocycles. The van der Waals surface area contributed by atoms with Crippen molar-refractivity contribution in [1.29, 1.82) is 0 Å². The lowest BCUT2D eigenvalue weighted by Gasteiger charge is -2.14. The van der Waals surface area contributed by atoms with Gasteiger partial charge in [-0.05, 0) is 36.8 Å². The molecule has 0 amide bonds. The molecular weight excluding hydrogens is 483 g/mol. The zero-order valence-electron chi connectivity index (χ0n) is 19.1. The van der Waals surface area contributed by atoms with Gasteiger partial charge in [-0.2, -0.15) is 13.2 Å². The molecule has 0 unspecified atom stereocenters. The van der Waals surface area contributed by atoms with Gasteiger partial charge in [-0.1, -0.05) is 38.6 Å². The van der Waals surface area contributed by atoms with Gasteiger partial charge in [-0.3, -0.25) is 0 Å². The summed E-state index contributed by atoms with van der Waals surface area (Å²) >= 11 is 3.11. The van der Waals surface area contributed by atoms with E-state index in [1.54, 1.807) is 11.8 Å². The van der Waals surface area contributed by atoms with E-state index in [4.69, 9.17) is 14.8 Å². The lowest BCUT2D eigenvalue weighted by molar-refractivity contribution is -0.140. The second kappa shape index (κ2) is 10.7. The molecule has 9 heteroatoms. The van der Waals surface area contributed by atoms with Crippen LogP contribution in [0.1, 0.15) is 55.7 Å². The predicted molar refractivity (Wildman–Crippen MR) is 129 cm³/mol. The number of hydrogen-bond donors (Lipinski definition) is 1. The first-order valence-electron chi connectivity index (χ1n) is 10.6. The molecule has 1 N–H and O–H groups in total. The van der Waals surface area contributed by atoms with E-state index in [0.717, 1.165) is 38.9 Å². The molecule has 0 radical (unpaired) electrons. The van der Waals surface area contributed by atoms with Crippen LogP contribution in [0.3, 0.4) is 0 Å². The van der Waals surface area contributed by atoms with Gasteiger partial charge in [-0.15, -0.1) is 23.1 Å². The van der Waals surface area contributed by atoms with Crippen molar-refractivity contribution in [2.24, 2.45) is 0 Å².